The SMILES string of the molecule is CC(=O)c1cc2c(N)c(C(=O)NC34CC5CC6CC(C3)C6(C5)C4)sc2nc1C. The van der Waals surface area contributed by atoms with Gasteiger partial charge in [0.1, 0.15) is 9.71 Å². The molecule has 146 valence electrons. The number of anilines is 1. The molecule has 6 heteroatoms. The molecule has 1 amide bonds. The van der Waals surface area contributed by atoms with Crippen LogP contribution in [0, 0.1) is 30.1 Å². The maximum Gasteiger partial charge on any atom is 0.264 e. The summed E-state index contributed by atoms with van der Waals surface area (Å²) in [5.74, 6) is 2.42. The Morgan fingerprint density at radius 2 is 2.07 bits per heavy atom. The van der Waals surface area contributed by atoms with Crippen molar-refractivity contribution >= 4 is 38.9 Å². The average molecular weight is 396 g/mol. The van der Waals surface area contributed by atoms with Crippen molar-refractivity contribution in [3.05, 3.63) is 22.2 Å². The molecule has 2 heterocycles. The number of aryl methyl sites for hydroxylation is 1. The Morgan fingerprint density at radius 1 is 1.25 bits per heavy atom. The third-order valence-corrected chi connectivity index (χ3v) is 9.46. The molecule has 6 rings (SSSR count). The van der Waals surface area contributed by atoms with E-state index in [1.54, 1.807) is 6.07 Å². The van der Waals surface area contributed by atoms with Gasteiger partial charge in [0.25, 0.3) is 5.91 Å². The first-order valence-electron chi connectivity index (χ1n) is 10.3. The minimum absolute atomic E-state index is 0.0321. The molecule has 3 N–H and O–H groups in total. The summed E-state index contributed by atoms with van der Waals surface area (Å²) in [7, 11) is 0. The van der Waals surface area contributed by atoms with Gasteiger partial charge in [0.15, 0.2) is 5.78 Å². The van der Waals surface area contributed by atoms with Crippen molar-refractivity contribution in [2.24, 2.45) is 23.2 Å². The Labute approximate surface area is 168 Å². The number of pyridine rings is 1. The van der Waals surface area contributed by atoms with Crippen molar-refractivity contribution in [3.63, 3.8) is 0 Å². The van der Waals surface area contributed by atoms with E-state index in [1.807, 2.05) is 6.92 Å². The van der Waals surface area contributed by atoms with Crippen LogP contribution in [0.3, 0.4) is 0 Å². The highest BCUT2D eigenvalue weighted by molar-refractivity contribution is 7.21. The summed E-state index contributed by atoms with van der Waals surface area (Å²) in [5, 5.41) is 4.16. The topological polar surface area (TPSA) is 85.1 Å². The molecule has 1 spiro atoms. The summed E-state index contributed by atoms with van der Waals surface area (Å²) in [5.41, 5.74) is 8.58. The van der Waals surface area contributed by atoms with Gasteiger partial charge in [0, 0.05) is 22.2 Å². The van der Waals surface area contributed by atoms with Gasteiger partial charge >= 0.3 is 0 Å². The van der Waals surface area contributed by atoms with Crippen LogP contribution in [0.1, 0.15) is 71.2 Å². The molecule has 2 aromatic heterocycles. The number of aromatic nitrogens is 1. The second-order valence-corrected chi connectivity index (χ2v) is 10.9. The molecule has 3 bridgehead atoms. The van der Waals surface area contributed by atoms with Gasteiger partial charge in [-0.25, -0.2) is 4.98 Å². The number of ketones is 1. The molecule has 4 aliphatic carbocycles. The lowest BCUT2D eigenvalue weighted by atomic mass is 9.56. The van der Waals surface area contributed by atoms with E-state index in [4.69, 9.17) is 5.73 Å². The van der Waals surface area contributed by atoms with Crippen LogP contribution >= 0.6 is 11.3 Å². The van der Waals surface area contributed by atoms with E-state index in [0.717, 1.165) is 47.2 Å². The quantitative estimate of drug-likeness (QED) is 0.767. The van der Waals surface area contributed by atoms with Gasteiger partial charge in [0.2, 0.25) is 0 Å². The molecule has 5 atom stereocenters. The number of Topliss-reactive ketones (excluding diaryl/α,β-unsaturated/α-hetero) is 1. The number of carbonyl (C=O) groups is 2. The third kappa shape index (κ3) is 1.99. The molecule has 0 aliphatic heterocycles. The summed E-state index contributed by atoms with van der Waals surface area (Å²) in [6, 6.07) is 1.79. The first kappa shape index (κ1) is 17.0. The van der Waals surface area contributed by atoms with Crippen molar-refractivity contribution in [3.8, 4) is 0 Å². The molecule has 0 aromatic carbocycles. The van der Waals surface area contributed by atoms with Crippen molar-refractivity contribution in [1.82, 2.24) is 10.3 Å². The van der Waals surface area contributed by atoms with E-state index in [0.29, 0.717) is 27.2 Å². The fraction of sp³-hybridized carbons (Fsp3) is 0.591. The van der Waals surface area contributed by atoms with E-state index in [2.05, 4.69) is 10.3 Å². The second kappa shape index (κ2) is 5.15. The molecule has 4 aliphatic rings. The van der Waals surface area contributed by atoms with Crippen LogP contribution in [0.2, 0.25) is 0 Å². The summed E-state index contributed by atoms with van der Waals surface area (Å²) >= 11 is 1.35. The van der Waals surface area contributed by atoms with Crippen molar-refractivity contribution in [2.75, 3.05) is 5.73 Å². The molecule has 0 radical (unpaired) electrons. The number of nitrogens with two attached hydrogens (primary N) is 1. The van der Waals surface area contributed by atoms with Crippen LogP contribution < -0.4 is 11.1 Å². The number of nitrogens with zero attached hydrogens (tertiary/aromatic N) is 1. The van der Waals surface area contributed by atoms with Gasteiger partial charge in [-0.1, -0.05) is 0 Å². The predicted octanol–water partition coefficient (Wildman–Crippen LogP) is 4.09. The van der Waals surface area contributed by atoms with Crippen LogP contribution in [-0.2, 0) is 0 Å². The molecule has 0 saturated heterocycles. The second-order valence-electron chi connectivity index (χ2n) is 9.86. The molecule has 5 nitrogen and oxygen atoms in total. The number of rotatable bonds is 3. The van der Waals surface area contributed by atoms with Gasteiger partial charge in [-0.3, -0.25) is 9.59 Å². The summed E-state index contributed by atoms with van der Waals surface area (Å²) in [6.07, 6.45) is 7.56. The highest BCUT2D eigenvalue weighted by atomic mass is 32.1. The molecule has 2 aromatic rings. The maximum absolute atomic E-state index is 13.3. The van der Waals surface area contributed by atoms with Crippen LogP contribution in [0.4, 0.5) is 5.69 Å². The van der Waals surface area contributed by atoms with Gasteiger partial charge < -0.3 is 11.1 Å². The largest absolute Gasteiger partial charge is 0.397 e. The van der Waals surface area contributed by atoms with E-state index in [1.165, 1.54) is 37.5 Å². The van der Waals surface area contributed by atoms with Crippen LogP contribution in [-0.4, -0.2) is 22.2 Å². The lowest BCUT2D eigenvalue weighted by molar-refractivity contribution is -0.000685. The van der Waals surface area contributed by atoms with Crippen molar-refractivity contribution in [2.45, 2.75) is 57.9 Å². The number of amides is 1. The minimum atomic E-state index is -0.0573. The van der Waals surface area contributed by atoms with Gasteiger partial charge in [-0.05, 0) is 81.6 Å². The molecule has 4 saturated carbocycles. The maximum atomic E-state index is 13.3. The van der Waals surface area contributed by atoms with Gasteiger partial charge in [0.05, 0.1) is 5.69 Å². The lowest BCUT2D eigenvalue weighted by Gasteiger charge is -2.49. The van der Waals surface area contributed by atoms with Crippen molar-refractivity contribution in [1.29, 1.82) is 0 Å². The average Bonchev–Trinajstić information content (AvgIpc) is 3.11. The Kier molecular flexibility index (Phi) is 3.12. The van der Waals surface area contributed by atoms with Crippen LogP contribution in [0.25, 0.3) is 10.2 Å². The van der Waals surface area contributed by atoms with E-state index < -0.39 is 0 Å². The number of carbonyl (C=O) groups excluding carboxylic acids is 2. The standard InChI is InChI=1S/C22H25N3O2S/c1-10-15(11(2)26)5-16-17(23)18(28-20(16)24-10)19(27)25-21-6-12-3-13-4-14(8-21)22(13,7-12)9-21/h5,12-14H,3-4,6-9,23H2,1-2H3,(H,25,27). The molecular weight excluding hydrogens is 370 g/mol. The first-order valence-corrected chi connectivity index (χ1v) is 11.1. The number of fused-ring (bicyclic) bond motifs is 3. The number of thiophene rings is 1. The Morgan fingerprint density at radius 3 is 2.86 bits per heavy atom. The summed E-state index contributed by atoms with van der Waals surface area (Å²) in [4.78, 5) is 30.9. The minimum Gasteiger partial charge on any atom is -0.397 e. The van der Waals surface area contributed by atoms with Crippen LogP contribution in [0.15, 0.2) is 6.07 Å². The fourth-order valence-corrected chi connectivity index (χ4v) is 8.47. The Bertz CT molecular complexity index is 1070. The molecule has 5 unspecified atom stereocenters. The number of nitrogens with one attached hydrogen (secondary N) is 1. The highest BCUT2D eigenvalue weighted by Gasteiger charge is 2.71. The molecule has 28 heavy (non-hydrogen) atoms. The summed E-state index contributed by atoms with van der Waals surface area (Å²) < 4.78 is 0. The fourth-order valence-electron chi connectivity index (χ4n) is 7.45. The highest BCUT2D eigenvalue weighted by Crippen LogP contribution is 2.76. The third-order valence-electron chi connectivity index (χ3n) is 8.34. The lowest BCUT2D eigenvalue weighted by Crippen LogP contribution is -2.49. The smallest absolute Gasteiger partial charge is 0.264 e. The summed E-state index contributed by atoms with van der Waals surface area (Å²) in [6.45, 7) is 3.36. The number of hydrogen-bond acceptors (Lipinski definition) is 5. The van der Waals surface area contributed by atoms with E-state index in [-0.39, 0.29) is 17.2 Å². The number of nitrogen functional groups attached to an aromatic ring is 1. The van der Waals surface area contributed by atoms with E-state index >= 15 is 0 Å². The van der Waals surface area contributed by atoms with E-state index in [9.17, 15) is 9.59 Å². The Balaban J connectivity index is 1.35. The normalized spacial score (nSPS) is 37.1. The van der Waals surface area contributed by atoms with Gasteiger partial charge in [-0.2, -0.15) is 0 Å². The van der Waals surface area contributed by atoms with Crippen molar-refractivity contribution < 1.29 is 9.59 Å². The molecule has 4 fully saturated rings. The monoisotopic (exact) mass is 395 g/mol. The zero-order valence-electron chi connectivity index (χ0n) is 16.3. The zero-order chi connectivity index (χ0) is 19.4. The Hall–Kier alpha value is -1.95. The predicted molar refractivity (Wildman–Crippen MR) is 110 cm³/mol. The van der Waals surface area contributed by atoms with Gasteiger partial charge in [-0.15, -0.1) is 11.3 Å². The zero-order valence-corrected chi connectivity index (χ0v) is 17.1. The van der Waals surface area contributed by atoms with Crippen LogP contribution in [0.5, 0.6) is 0 Å². The first-order chi connectivity index (χ1) is 13.3. The molecular formula is C22H25N3O2S. The number of hydrogen-bond donors (Lipinski definition) is 2.